The second kappa shape index (κ2) is 12.6. The molecule has 2 aromatic carbocycles. The van der Waals surface area contributed by atoms with E-state index in [9.17, 15) is 9.59 Å². The van der Waals surface area contributed by atoms with Gasteiger partial charge in [0.25, 0.3) is 5.56 Å². The van der Waals surface area contributed by atoms with Crippen molar-refractivity contribution >= 4 is 34.8 Å². The van der Waals surface area contributed by atoms with Gasteiger partial charge in [-0.05, 0) is 30.2 Å². The van der Waals surface area contributed by atoms with E-state index in [-0.39, 0.29) is 17.5 Å². The smallest absolute Gasteiger partial charge is 0.262 e. The van der Waals surface area contributed by atoms with Crippen molar-refractivity contribution in [3.8, 4) is 39.4 Å². The molecule has 3 N–H and O–H groups in total. The number of nitrogens with zero attached hydrogens (tertiary/aromatic N) is 3. The van der Waals surface area contributed by atoms with Crippen molar-refractivity contribution in [3.05, 3.63) is 105 Å². The molecule has 0 spiro atoms. The summed E-state index contributed by atoms with van der Waals surface area (Å²) in [4.78, 5) is 34.0. The second-order valence-electron chi connectivity index (χ2n) is 11.2. The van der Waals surface area contributed by atoms with Crippen LogP contribution < -0.4 is 26.2 Å². The third kappa shape index (κ3) is 5.92. The van der Waals surface area contributed by atoms with Crippen LogP contribution in [0.1, 0.15) is 24.0 Å². The second-order valence-corrected chi connectivity index (χ2v) is 11.9. The molecule has 7 rings (SSSR count). The molecule has 0 saturated carbocycles. The lowest BCUT2D eigenvalue weighted by molar-refractivity contribution is -0.119. The van der Waals surface area contributed by atoms with Crippen LogP contribution in [0.15, 0.2) is 77.9 Å². The molecule has 1 fully saturated rings. The Morgan fingerprint density at radius 3 is 2.56 bits per heavy atom. The number of pyridine rings is 2. The van der Waals surface area contributed by atoms with E-state index in [1.807, 2.05) is 60.7 Å². The molecule has 0 radical (unpaired) electrons. The van der Waals surface area contributed by atoms with Crippen LogP contribution in [-0.4, -0.2) is 46.0 Å². The largest absolute Gasteiger partial charge is 0.476 e. The van der Waals surface area contributed by atoms with Crippen molar-refractivity contribution in [1.29, 1.82) is 0 Å². The van der Waals surface area contributed by atoms with E-state index in [0.29, 0.717) is 59.8 Å². The predicted octanol–water partition coefficient (Wildman–Crippen LogP) is 5.25. The molecule has 9 nitrogen and oxygen atoms in total. The molecule has 5 aromatic rings. The Kier molecular flexibility index (Phi) is 8.25. The average Bonchev–Trinajstić information content (AvgIpc) is 3.32. The van der Waals surface area contributed by atoms with Crippen LogP contribution in [0, 0.1) is 0 Å². The van der Waals surface area contributed by atoms with Crippen molar-refractivity contribution in [2.75, 3.05) is 19.7 Å². The average molecular weight is 642 g/mol. The quantitative estimate of drug-likeness (QED) is 0.223. The van der Waals surface area contributed by atoms with Gasteiger partial charge in [-0.3, -0.25) is 14.0 Å². The van der Waals surface area contributed by atoms with Gasteiger partial charge in [0.05, 0.1) is 15.7 Å². The first kappa shape index (κ1) is 29.4. The zero-order valence-electron chi connectivity index (χ0n) is 24.3. The SMILES string of the molecule is O=C1CCC(CNCc2cnc3cc(-c4cccc(-c5cccc(-c6ccc7c(n6)OCCNC7)c5Cl)c4Cl)ccn3c2=O)N1. The molecular formula is C34H30Cl2N6O3. The van der Waals surface area contributed by atoms with Crippen molar-refractivity contribution in [2.24, 2.45) is 0 Å². The maximum Gasteiger partial charge on any atom is 0.262 e. The van der Waals surface area contributed by atoms with Crippen LogP contribution in [0.4, 0.5) is 0 Å². The van der Waals surface area contributed by atoms with Gasteiger partial charge in [0.2, 0.25) is 11.8 Å². The number of fused-ring (bicyclic) bond motifs is 2. The monoisotopic (exact) mass is 640 g/mol. The highest BCUT2D eigenvalue weighted by Gasteiger charge is 2.21. The first-order valence-corrected chi connectivity index (χ1v) is 15.6. The lowest BCUT2D eigenvalue weighted by Crippen LogP contribution is -2.36. The topological polar surface area (TPSA) is 110 Å². The maximum atomic E-state index is 13.2. The van der Waals surface area contributed by atoms with Gasteiger partial charge < -0.3 is 20.7 Å². The summed E-state index contributed by atoms with van der Waals surface area (Å²) in [6.45, 7) is 2.99. The van der Waals surface area contributed by atoms with Gasteiger partial charge >= 0.3 is 0 Å². The van der Waals surface area contributed by atoms with E-state index in [0.717, 1.165) is 52.0 Å². The lowest BCUT2D eigenvalue weighted by Gasteiger charge is -2.15. The summed E-state index contributed by atoms with van der Waals surface area (Å²) in [5.41, 5.74) is 6.60. The van der Waals surface area contributed by atoms with Crippen molar-refractivity contribution in [3.63, 3.8) is 0 Å². The Morgan fingerprint density at radius 1 is 0.978 bits per heavy atom. The minimum absolute atomic E-state index is 0.0682. The van der Waals surface area contributed by atoms with Crippen LogP contribution in [0.5, 0.6) is 5.88 Å². The molecule has 1 saturated heterocycles. The Balaban J connectivity index is 1.17. The van der Waals surface area contributed by atoms with Crippen LogP contribution in [0.3, 0.4) is 0 Å². The number of ether oxygens (including phenoxy) is 1. The molecule has 1 unspecified atom stereocenters. The first-order valence-electron chi connectivity index (χ1n) is 14.9. The first-order chi connectivity index (χ1) is 22.0. The molecule has 3 aromatic heterocycles. The van der Waals surface area contributed by atoms with Gasteiger partial charge in [-0.2, -0.15) is 0 Å². The number of benzene rings is 2. The van der Waals surface area contributed by atoms with Gasteiger partial charge in [0.1, 0.15) is 12.3 Å². The highest BCUT2D eigenvalue weighted by atomic mass is 35.5. The van der Waals surface area contributed by atoms with Crippen molar-refractivity contribution < 1.29 is 9.53 Å². The molecule has 0 bridgehead atoms. The number of halogens is 2. The molecule has 11 heteroatoms. The third-order valence-electron chi connectivity index (χ3n) is 8.22. The van der Waals surface area contributed by atoms with E-state index in [1.54, 1.807) is 12.4 Å². The summed E-state index contributed by atoms with van der Waals surface area (Å²) in [6.07, 6.45) is 4.66. The Hall–Kier alpha value is -4.28. The molecule has 2 aliphatic rings. The van der Waals surface area contributed by atoms with Crippen LogP contribution in [-0.2, 0) is 17.9 Å². The summed E-state index contributed by atoms with van der Waals surface area (Å²) in [5.74, 6) is 0.684. The predicted molar refractivity (Wildman–Crippen MR) is 176 cm³/mol. The zero-order chi connectivity index (χ0) is 30.9. The Morgan fingerprint density at radius 2 is 1.76 bits per heavy atom. The fraction of sp³-hybridized carbons (Fsp3) is 0.235. The van der Waals surface area contributed by atoms with Crippen molar-refractivity contribution in [2.45, 2.75) is 32.0 Å². The molecule has 1 atom stereocenters. The molecule has 2 aliphatic heterocycles. The van der Waals surface area contributed by atoms with E-state index < -0.39 is 0 Å². The molecule has 5 heterocycles. The van der Waals surface area contributed by atoms with E-state index in [4.69, 9.17) is 32.9 Å². The number of hydrogen-bond donors (Lipinski definition) is 3. The highest BCUT2D eigenvalue weighted by molar-refractivity contribution is 6.39. The van der Waals surface area contributed by atoms with Gasteiger partial charge in [-0.1, -0.05) is 65.7 Å². The summed E-state index contributed by atoms with van der Waals surface area (Å²) in [5, 5.41) is 10.6. The van der Waals surface area contributed by atoms with Gasteiger partial charge in [0.15, 0.2) is 0 Å². The van der Waals surface area contributed by atoms with Crippen molar-refractivity contribution in [1.82, 2.24) is 30.3 Å². The highest BCUT2D eigenvalue weighted by Crippen LogP contribution is 2.42. The van der Waals surface area contributed by atoms with Gasteiger partial charge in [-0.15, -0.1) is 0 Å². The van der Waals surface area contributed by atoms with E-state index >= 15 is 0 Å². The summed E-state index contributed by atoms with van der Waals surface area (Å²) in [7, 11) is 0. The molecule has 1 amide bonds. The summed E-state index contributed by atoms with van der Waals surface area (Å²) < 4.78 is 7.38. The third-order valence-corrected chi connectivity index (χ3v) is 9.03. The molecule has 0 aliphatic carbocycles. The number of hydrogen-bond acceptors (Lipinski definition) is 7. The zero-order valence-corrected chi connectivity index (χ0v) is 25.8. The Labute approximate surface area is 269 Å². The number of amides is 1. The number of rotatable bonds is 7. The van der Waals surface area contributed by atoms with E-state index in [1.165, 1.54) is 4.40 Å². The molecule has 45 heavy (non-hydrogen) atoms. The van der Waals surface area contributed by atoms with Crippen LogP contribution >= 0.6 is 23.2 Å². The number of carbonyl (C=O) groups is 1. The fourth-order valence-electron chi connectivity index (χ4n) is 5.84. The normalized spacial score (nSPS) is 16.2. The standard InChI is InChI=1S/C34H30Cl2N6O3/c35-31-24(20-11-13-42-29(15-20)39-18-22(34(42)44)17-38-19-23-8-10-30(43)40-23)3-1-4-25(31)26-5-2-6-27(32(26)36)28-9-7-21-16-37-12-14-45-33(21)41-28/h1-7,9,11,13,15,18,23,37-38H,8,10,12,14,16-17,19H2,(H,40,43). The van der Waals surface area contributed by atoms with E-state index in [2.05, 4.69) is 20.9 Å². The lowest BCUT2D eigenvalue weighted by atomic mass is 9.97. The summed E-state index contributed by atoms with van der Waals surface area (Å²) >= 11 is 14.1. The van der Waals surface area contributed by atoms with Gasteiger partial charge in [-0.25, -0.2) is 9.97 Å². The number of nitrogens with one attached hydrogen (secondary N) is 3. The maximum absolute atomic E-state index is 13.2. The molecule has 228 valence electrons. The van der Waals surface area contributed by atoms with Gasteiger partial charge in [0, 0.05) is 84.4 Å². The molecular weight excluding hydrogens is 611 g/mol. The minimum Gasteiger partial charge on any atom is -0.476 e. The number of aromatic nitrogens is 3. The number of carbonyl (C=O) groups excluding carboxylic acids is 1. The Bertz CT molecular complexity index is 2000. The van der Waals surface area contributed by atoms with Crippen LogP contribution in [0.25, 0.3) is 39.2 Å². The fourth-order valence-corrected chi connectivity index (χ4v) is 6.50. The minimum atomic E-state index is -0.147. The summed E-state index contributed by atoms with van der Waals surface area (Å²) in [6, 6.07) is 19.4. The van der Waals surface area contributed by atoms with Crippen LogP contribution in [0.2, 0.25) is 10.0 Å².